The normalized spacial score (nSPS) is 13.8. The molecule has 0 fully saturated rings. The van der Waals surface area contributed by atoms with Crippen molar-refractivity contribution in [2.24, 2.45) is 0 Å². The van der Waals surface area contributed by atoms with Crippen molar-refractivity contribution in [2.75, 3.05) is 0 Å². The lowest BCUT2D eigenvalue weighted by Crippen LogP contribution is -2.05. The van der Waals surface area contributed by atoms with Crippen molar-refractivity contribution < 1.29 is 5.11 Å². The Bertz CT molecular complexity index is 939. The molecule has 2 aromatic carbocycles. The van der Waals surface area contributed by atoms with Gasteiger partial charge in [0.05, 0.1) is 10.2 Å². The Morgan fingerprint density at radius 1 is 1.04 bits per heavy atom. The standard InChI is InChI=1S/C22H27NOS2/c1-5-14(3)17-11-16(12-18(21(17)24)15(4)6-2)13-23-19-9-7-8-10-20(19)26-22(23)25/h7-12,14-15,24H,5-6,13H2,1-4H3. The van der Waals surface area contributed by atoms with Crippen LogP contribution in [0.5, 0.6) is 5.75 Å². The van der Waals surface area contributed by atoms with Crippen LogP contribution in [0.25, 0.3) is 10.2 Å². The maximum atomic E-state index is 10.8. The molecule has 1 N–H and O–H groups in total. The molecule has 1 heterocycles. The summed E-state index contributed by atoms with van der Waals surface area (Å²) in [5.74, 6) is 1.16. The van der Waals surface area contributed by atoms with Crippen molar-refractivity contribution in [2.45, 2.75) is 58.9 Å². The number of phenols is 1. The molecule has 0 saturated carbocycles. The zero-order valence-electron chi connectivity index (χ0n) is 16.0. The second kappa shape index (κ2) is 7.93. The lowest BCUT2D eigenvalue weighted by molar-refractivity contribution is 0.448. The van der Waals surface area contributed by atoms with E-state index >= 15 is 0 Å². The van der Waals surface area contributed by atoms with E-state index < -0.39 is 0 Å². The number of hydrogen-bond acceptors (Lipinski definition) is 3. The molecule has 138 valence electrons. The van der Waals surface area contributed by atoms with Crippen LogP contribution in [-0.4, -0.2) is 9.67 Å². The van der Waals surface area contributed by atoms with Gasteiger partial charge in [-0.25, -0.2) is 0 Å². The summed E-state index contributed by atoms with van der Waals surface area (Å²) in [5, 5.41) is 10.8. The first-order valence-electron chi connectivity index (χ1n) is 9.40. The van der Waals surface area contributed by atoms with Gasteiger partial charge in [0.2, 0.25) is 0 Å². The smallest absolute Gasteiger partial charge is 0.162 e. The van der Waals surface area contributed by atoms with Gasteiger partial charge in [-0.05, 0) is 65.7 Å². The van der Waals surface area contributed by atoms with Gasteiger partial charge in [-0.1, -0.05) is 52.0 Å². The van der Waals surface area contributed by atoms with Crippen molar-refractivity contribution in [3.8, 4) is 5.75 Å². The lowest BCUT2D eigenvalue weighted by atomic mass is 9.88. The molecule has 1 aromatic heterocycles. The number of rotatable bonds is 6. The number of benzene rings is 2. The molecule has 3 aromatic rings. The highest BCUT2D eigenvalue weighted by Crippen LogP contribution is 2.37. The van der Waals surface area contributed by atoms with Gasteiger partial charge in [0.25, 0.3) is 0 Å². The van der Waals surface area contributed by atoms with Gasteiger partial charge in [-0.15, -0.1) is 11.3 Å². The van der Waals surface area contributed by atoms with Gasteiger partial charge < -0.3 is 9.67 Å². The third-order valence-electron chi connectivity index (χ3n) is 5.43. The summed E-state index contributed by atoms with van der Waals surface area (Å²) >= 11 is 7.28. The maximum Gasteiger partial charge on any atom is 0.162 e. The van der Waals surface area contributed by atoms with Gasteiger partial charge >= 0.3 is 0 Å². The Morgan fingerprint density at radius 3 is 2.19 bits per heavy atom. The second-order valence-electron chi connectivity index (χ2n) is 7.16. The predicted octanol–water partition coefficient (Wildman–Crippen LogP) is 7.21. The quantitative estimate of drug-likeness (QED) is 0.453. The van der Waals surface area contributed by atoms with Crippen LogP contribution in [0.1, 0.15) is 69.1 Å². The molecule has 0 bridgehead atoms. The summed E-state index contributed by atoms with van der Waals surface area (Å²) < 4.78 is 4.33. The monoisotopic (exact) mass is 385 g/mol. The zero-order valence-corrected chi connectivity index (χ0v) is 17.6. The van der Waals surface area contributed by atoms with Crippen LogP contribution in [0, 0.1) is 3.95 Å². The highest BCUT2D eigenvalue weighted by atomic mass is 32.1. The average molecular weight is 386 g/mol. The van der Waals surface area contributed by atoms with Crippen molar-refractivity contribution in [3.05, 3.63) is 57.0 Å². The van der Waals surface area contributed by atoms with Crippen LogP contribution in [0.3, 0.4) is 0 Å². The van der Waals surface area contributed by atoms with E-state index in [2.05, 4.69) is 68.7 Å². The first-order chi connectivity index (χ1) is 12.5. The van der Waals surface area contributed by atoms with Gasteiger partial charge in [0, 0.05) is 6.54 Å². The van der Waals surface area contributed by atoms with E-state index in [0.717, 1.165) is 34.5 Å². The molecule has 0 aliphatic carbocycles. The molecule has 0 saturated heterocycles. The minimum Gasteiger partial charge on any atom is -0.507 e. The second-order valence-corrected chi connectivity index (χ2v) is 8.84. The molecule has 2 nitrogen and oxygen atoms in total. The lowest BCUT2D eigenvalue weighted by Gasteiger charge is -2.20. The maximum absolute atomic E-state index is 10.8. The van der Waals surface area contributed by atoms with Gasteiger partial charge in [0.1, 0.15) is 5.75 Å². The van der Waals surface area contributed by atoms with E-state index in [1.165, 1.54) is 15.8 Å². The first-order valence-corrected chi connectivity index (χ1v) is 10.6. The predicted molar refractivity (Wildman–Crippen MR) is 115 cm³/mol. The van der Waals surface area contributed by atoms with Crippen molar-refractivity contribution in [1.29, 1.82) is 0 Å². The fourth-order valence-electron chi connectivity index (χ4n) is 3.37. The molecular formula is C22H27NOS2. The fraction of sp³-hybridized carbons (Fsp3) is 0.409. The number of aromatic nitrogens is 1. The Hall–Kier alpha value is -1.65. The topological polar surface area (TPSA) is 25.2 Å². The first kappa shape index (κ1) is 19.1. The molecule has 2 atom stereocenters. The van der Waals surface area contributed by atoms with Crippen molar-refractivity contribution >= 4 is 33.8 Å². The Labute approximate surface area is 165 Å². The van der Waals surface area contributed by atoms with E-state index in [4.69, 9.17) is 12.2 Å². The third kappa shape index (κ3) is 3.58. The number of phenolic OH excluding ortho intramolecular Hbond substituents is 1. The Balaban J connectivity index is 2.12. The van der Waals surface area contributed by atoms with E-state index in [-0.39, 0.29) is 0 Å². The van der Waals surface area contributed by atoms with E-state index in [1.54, 1.807) is 11.3 Å². The van der Waals surface area contributed by atoms with Gasteiger partial charge in [-0.3, -0.25) is 0 Å². The van der Waals surface area contributed by atoms with Crippen LogP contribution in [0.15, 0.2) is 36.4 Å². The van der Waals surface area contributed by atoms with Gasteiger partial charge in [0.15, 0.2) is 3.95 Å². The van der Waals surface area contributed by atoms with Crippen molar-refractivity contribution in [1.82, 2.24) is 4.57 Å². The molecule has 0 radical (unpaired) electrons. The molecule has 2 unspecified atom stereocenters. The van der Waals surface area contributed by atoms with E-state index in [0.29, 0.717) is 17.6 Å². The number of thiazole rings is 1. The summed E-state index contributed by atoms with van der Waals surface area (Å²) in [7, 11) is 0. The van der Waals surface area contributed by atoms with Crippen LogP contribution < -0.4 is 0 Å². The minimum atomic E-state index is 0.338. The number of aromatic hydroxyl groups is 1. The molecule has 0 amide bonds. The number of nitrogens with zero attached hydrogens (tertiary/aromatic N) is 1. The van der Waals surface area contributed by atoms with Crippen LogP contribution in [0.2, 0.25) is 0 Å². The molecule has 0 aliphatic rings. The number of para-hydroxylation sites is 1. The number of fused-ring (bicyclic) bond motifs is 1. The van der Waals surface area contributed by atoms with E-state index in [9.17, 15) is 5.11 Å². The summed E-state index contributed by atoms with van der Waals surface area (Å²) in [6.45, 7) is 9.45. The van der Waals surface area contributed by atoms with Crippen LogP contribution in [-0.2, 0) is 6.54 Å². The van der Waals surface area contributed by atoms with Crippen molar-refractivity contribution in [3.63, 3.8) is 0 Å². The summed E-state index contributed by atoms with van der Waals surface area (Å²) in [5.41, 5.74) is 4.52. The molecule has 0 aliphatic heterocycles. The average Bonchev–Trinajstić information content (AvgIpc) is 2.97. The minimum absolute atomic E-state index is 0.338. The summed E-state index contributed by atoms with van der Waals surface area (Å²) in [4.78, 5) is 0. The molecule has 26 heavy (non-hydrogen) atoms. The highest BCUT2D eigenvalue weighted by Gasteiger charge is 2.18. The Kier molecular flexibility index (Phi) is 5.83. The SMILES string of the molecule is CCC(C)c1cc(Cn2c(=S)sc3ccccc32)cc(C(C)CC)c1O. The molecule has 3 rings (SSSR count). The summed E-state index contributed by atoms with van der Waals surface area (Å²) in [6.07, 6.45) is 2.02. The number of hydrogen-bond donors (Lipinski definition) is 1. The Morgan fingerprint density at radius 2 is 1.62 bits per heavy atom. The largest absolute Gasteiger partial charge is 0.507 e. The summed E-state index contributed by atoms with van der Waals surface area (Å²) in [6, 6.07) is 12.7. The highest BCUT2D eigenvalue weighted by molar-refractivity contribution is 7.73. The fourth-order valence-corrected chi connectivity index (χ4v) is 4.70. The molecule has 4 heteroatoms. The van der Waals surface area contributed by atoms with E-state index in [1.807, 2.05) is 0 Å². The van der Waals surface area contributed by atoms with Gasteiger partial charge in [-0.2, -0.15) is 0 Å². The van der Waals surface area contributed by atoms with Crippen LogP contribution >= 0.6 is 23.6 Å². The third-order valence-corrected chi connectivity index (χ3v) is 6.86. The molecule has 0 spiro atoms. The molecular weight excluding hydrogens is 358 g/mol. The zero-order chi connectivity index (χ0) is 18.8. The van der Waals surface area contributed by atoms with Crippen LogP contribution in [0.4, 0.5) is 0 Å².